The largest absolute Gasteiger partial charge is 0.481 e. The molecule has 1 aromatic carbocycles. The number of hydrogen-bond acceptors (Lipinski definition) is 14. The van der Waals surface area contributed by atoms with E-state index in [2.05, 4.69) is 47.5 Å². The second kappa shape index (κ2) is 28.5. The molecule has 1 aromatic heterocycles. The fourth-order valence-corrected chi connectivity index (χ4v) is 7.59. The van der Waals surface area contributed by atoms with E-state index in [1.165, 1.54) is 0 Å². The van der Waals surface area contributed by atoms with Gasteiger partial charge in [-0.2, -0.15) is 0 Å². The van der Waals surface area contributed by atoms with Gasteiger partial charge in [-0.05, 0) is 62.0 Å². The number of carboxylic acids is 1. The Morgan fingerprint density at radius 2 is 1.23 bits per heavy atom. The van der Waals surface area contributed by atoms with Crippen LogP contribution in [0.5, 0.6) is 0 Å². The highest BCUT2D eigenvalue weighted by atomic mass is 16.4. The minimum Gasteiger partial charge on any atom is -0.481 e. The maximum Gasteiger partial charge on any atom is 0.303 e. The summed E-state index contributed by atoms with van der Waals surface area (Å²) < 4.78 is 0. The lowest BCUT2D eigenvalue weighted by Crippen LogP contribution is -2.59. The molecule has 2 aromatic rings. The molecule has 2 heterocycles. The Kier molecular flexibility index (Phi) is 23.3. The molecule has 392 valence electrons. The van der Waals surface area contributed by atoms with Crippen molar-refractivity contribution in [2.24, 2.45) is 23.3 Å². The summed E-state index contributed by atoms with van der Waals surface area (Å²) >= 11 is 0. The van der Waals surface area contributed by atoms with Gasteiger partial charge in [-0.25, -0.2) is 0 Å². The van der Waals surface area contributed by atoms with Gasteiger partial charge in [-0.1, -0.05) is 45.9 Å². The number of aliphatic hydroxyl groups excluding tert-OH is 2. The smallest absolute Gasteiger partial charge is 0.303 e. The standard InChI is InChI=1S/C45H68N12O14/c1-23(2)14-30(53-39(65)27(46)16-25-17-48-28-9-6-5-8-26(25)28)43(69)54-31(15-24(3)4)42(68)52-29(11-12-38(63)64)40(66)51-19-36(61)49-20-37(62)57-13-7-10-34(57)45(71)56-33(22-59)44(70)55-32(21-58)41(67)50-18-35(47)60/h5-6,8-9,17,23-24,27,29-34,48,58-59H,7,10-16,18-22,46H2,1-4H3,(H2,47,60)(H,49,61)(H,50,67)(H,51,66)(H,52,68)(H,53,65)(H,54,69)(H,55,70)(H,56,71)(H,63,64)/t27-,29-,30-,31-,32-,33-,34-/m0/s1. The summed E-state index contributed by atoms with van der Waals surface area (Å²) in [6.07, 6.45) is 1.68. The number of likely N-dealkylation sites (tertiary alicyclic amines) is 1. The number of aromatic nitrogens is 1. The van der Waals surface area contributed by atoms with Crippen LogP contribution in [0, 0.1) is 11.8 Å². The number of hydrogen-bond donors (Lipinski definition) is 14. The van der Waals surface area contributed by atoms with Gasteiger partial charge in [0.15, 0.2) is 0 Å². The fraction of sp³-hybridized carbons (Fsp3) is 0.578. The molecule has 1 fully saturated rings. The Morgan fingerprint density at radius 3 is 1.82 bits per heavy atom. The average Bonchev–Trinajstić information content (AvgIpc) is 3.98. The van der Waals surface area contributed by atoms with Crippen LogP contribution in [-0.2, 0) is 59.2 Å². The summed E-state index contributed by atoms with van der Waals surface area (Å²) in [5, 5.41) is 48.7. The number of carbonyl (C=O) groups is 11. The van der Waals surface area contributed by atoms with Crippen molar-refractivity contribution < 1.29 is 68.1 Å². The molecule has 10 amide bonds. The molecule has 0 unspecified atom stereocenters. The van der Waals surface area contributed by atoms with Gasteiger partial charge < -0.3 is 79.2 Å². The van der Waals surface area contributed by atoms with Crippen molar-refractivity contribution >= 4 is 75.9 Å². The summed E-state index contributed by atoms with van der Waals surface area (Å²) in [5.41, 5.74) is 13.0. The van der Waals surface area contributed by atoms with Crippen LogP contribution in [0.3, 0.4) is 0 Å². The van der Waals surface area contributed by atoms with E-state index in [4.69, 9.17) is 11.5 Å². The Morgan fingerprint density at radius 1 is 0.690 bits per heavy atom. The van der Waals surface area contributed by atoms with E-state index < -0.39 is 153 Å². The normalized spacial score (nSPS) is 15.8. The number of aromatic amines is 1. The van der Waals surface area contributed by atoms with Crippen LogP contribution in [0.2, 0.25) is 0 Å². The first kappa shape index (κ1) is 58.1. The number of nitrogens with two attached hydrogens (primary N) is 2. The van der Waals surface area contributed by atoms with Crippen LogP contribution in [0.4, 0.5) is 0 Å². The van der Waals surface area contributed by atoms with Crippen LogP contribution in [0.15, 0.2) is 30.5 Å². The number of para-hydroxylation sites is 1. The first-order valence-electron chi connectivity index (χ1n) is 23.2. The SMILES string of the molecule is CC(C)C[C@H](NC(=O)[C@H](CC(C)C)NC(=O)[C@@H](N)Cc1c[nH]c2ccccc12)C(=O)N[C@@H](CCC(=O)O)C(=O)NCC(=O)NCC(=O)N1CCC[C@H]1C(=O)N[C@@H](CO)C(=O)N[C@@H](CO)C(=O)NCC(N)=O. The first-order chi connectivity index (χ1) is 33.5. The van der Waals surface area contributed by atoms with Gasteiger partial charge >= 0.3 is 5.97 Å². The van der Waals surface area contributed by atoms with E-state index in [0.29, 0.717) is 6.42 Å². The van der Waals surface area contributed by atoms with E-state index in [9.17, 15) is 68.1 Å². The number of carboxylic acid groups (broad SMARTS) is 1. The monoisotopic (exact) mass is 1000 g/mol. The molecule has 0 radical (unpaired) electrons. The number of primary amides is 1. The van der Waals surface area contributed by atoms with Gasteiger partial charge in [0.1, 0.15) is 36.3 Å². The highest BCUT2D eigenvalue weighted by molar-refractivity contribution is 5.98. The molecule has 7 atom stereocenters. The van der Waals surface area contributed by atoms with Gasteiger partial charge in [0, 0.05) is 30.1 Å². The molecule has 26 heteroatoms. The molecule has 1 saturated heterocycles. The Bertz CT molecular complexity index is 2240. The number of carbonyl (C=O) groups excluding carboxylic acids is 10. The molecule has 16 N–H and O–H groups in total. The van der Waals surface area contributed by atoms with Crippen LogP contribution in [0.25, 0.3) is 10.9 Å². The number of fused-ring (bicyclic) bond motifs is 1. The van der Waals surface area contributed by atoms with Crippen LogP contribution < -0.4 is 54.0 Å². The molecule has 0 bridgehead atoms. The number of benzene rings is 1. The number of amides is 10. The van der Waals surface area contributed by atoms with Crippen LogP contribution in [-0.4, -0.2) is 172 Å². The van der Waals surface area contributed by atoms with Gasteiger partial charge in [0.05, 0.1) is 38.9 Å². The summed E-state index contributed by atoms with van der Waals surface area (Å²) in [6.45, 7) is 3.51. The number of nitrogens with zero attached hydrogens (tertiary/aromatic N) is 1. The third kappa shape index (κ3) is 18.9. The van der Waals surface area contributed by atoms with Gasteiger partial charge in [-0.3, -0.25) is 52.7 Å². The molecule has 71 heavy (non-hydrogen) atoms. The molecular formula is C45H68N12O14. The predicted molar refractivity (Wildman–Crippen MR) is 253 cm³/mol. The minimum atomic E-state index is -1.63. The molecule has 26 nitrogen and oxygen atoms in total. The quantitative estimate of drug-likeness (QED) is 0.0364. The Hall–Kier alpha value is -7.19. The summed E-state index contributed by atoms with van der Waals surface area (Å²) in [4.78, 5) is 145. The van der Waals surface area contributed by atoms with Crippen molar-refractivity contribution in [3.8, 4) is 0 Å². The van der Waals surface area contributed by atoms with Crippen molar-refractivity contribution in [2.75, 3.05) is 39.4 Å². The zero-order chi connectivity index (χ0) is 52.9. The lowest BCUT2D eigenvalue weighted by atomic mass is 9.99. The molecule has 0 aliphatic carbocycles. The lowest BCUT2D eigenvalue weighted by Gasteiger charge is -2.27. The molecule has 0 spiro atoms. The van der Waals surface area contributed by atoms with Gasteiger partial charge in [0.2, 0.25) is 59.1 Å². The number of aliphatic hydroxyl groups is 2. The minimum absolute atomic E-state index is 0.0725. The average molecular weight is 1000 g/mol. The maximum atomic E-state index is 13.8. The van der Waals surface area contributed by atoms with E-state index >= 15 is 0 Å². The fourth-order valence-electron chi connectivity index (χ4n) is 7.59. The summed E-state index contributed by atoms with van der Waals surface area (Å²) in [6, 6.07) is -1.71. The van der Waals surface area contributed by atoms with E-state index in [-0.39, 0.29) is 44.1 Å². The first-order valence-corrected chi connectivity index (χ1v) is 23.2. The van der Waals surface area contributed by atoms with Gasteiger partial charge in [0.25, 0.3) is 0 Å². The third-order valence-electron chi connectivity index (χ3n) is 11.2. The Labute approximate surface area is 409 Å². The second-order valence-electron chi connectivity index (χ2n) is 18.0. The van der Waals surface area contributed by atoms with Crippen LogP contribution in [0.1, 0.15) is 71.8 Å². The zero-order valence-corrected chi connectivity index (χ0v) is 40.2. The van der Waals surface area contributed by atoms with E-state index in [1.54, 1.807) is 20.0 Å². The van der Waals surface area contributed by atoms with Crippen molar-refractivity contribution in [1.29, 1.82) is 0 Å². The maximum absolute atomic E-state index is 13.8. The number of aliphatic carboxylic acids is 1. The summed E-state index contributed by atoms with van der Waals surface area (Å²) in [5.74, 6) is -10.0. The Balaban J connectivity index is 1.59. The molecular weight excluding hydrogens is 933 g/mol. The predicted octanol–water partition coefficient (Wildman–Crippen LogP) is -4.77. The number of H-pyrrole nitrogens is 1. The molecule has 1 aliphatic heterocycles. The van der Waals surface area contributed by atoms with Crippen LogP contribution >= 0.6 is 0 Å². The van der Waals surface area contributed by atoms with Gasteiger partial charge in [-0.15, -0.1) is 0 Å². The van der Waals surface area contributed by atoms with Crippen molar-refractivity contribution in [3.05, 3.63) is 36.0 Å². The van der Waals surface area contributed by atoms with E-state index in [0.717, 1.165) is 21.4 Å². The zero-order valence-electron chi connectivity index (χ0n) is 40.2. The van der Waals surface area contributed by atoms with Crippen molar-refractivity contribution in [3.63, 3.8) is 0 Å². The van der Waals surface area contributed by atoms with Crippen molar-refractivity contribution in [2.45, 2.75) is 115 Å². The van der Waals surface area contributed by atoms with Crippen molar-refractivity contribution in [1.82, 2.24) is 52.4 Å². The highest BCUT2D eigenvalue weighted by Gasteiger charge is 2.37. The number of nitrogens with one attached hydrogen (secondary N) is 9. The highest BCUT2D eigenvalue weighted by Crippen LogP contribution is 2.20. The summed E-state index contributed by atoms with van der Waals surface area (Å²) in [7, 11) is 0. The molecule has 0 saturated carbocycles. The molecule has 3 rings (SSSR count). The topological polar surface area (TPSA) is 416 Å². The third-order valence-corrected chi connectivity index (χ3v) is 11.2. The van der Waals surface area contributed by atoms with E-state index in [1.807, 2.05) is 38.1 Å². The number of rotatable bonds is 29. The lowest BCUT2D eigenvalue weighted by molar-refractivity contribution is -0.140. The molecule has 1 aliphatic rings. The second-order valence-corrected chi connectivity index (χ2v) is 18.0.